The van der Waals surface area contributed by atoms with Crippen LogP contribution < -0.4 is 10.6 Å². The first-order valence-corrected chi connectivity index (χ1v) is 11.4. The SMILES string of the molecule is CCCCn1c(SCc2csc(N(C(C)=O)c3ccc(C)cc3C)n2)n[nH]c1=O. The van der Waals surface area contributed by atoms with Crippen molar-refractivity contribution in [2.75, 3.05) is 4.90 Å². The first-order valence-electron chi connectivity index (χ1n) is 9.51. The fraction of sp³-hybridized carbons (Fsp3) is 0.400. The number of amides is 1. The van der Waals surface area contributed by atoms with E-state index in [1.54, 1.807) is 16.4 Å². The fourth-order valence-corrected chi connectivity index (χ4v) is 4.84. The van der Waals surface area contributed by atoms with Gasteiger partial charge in [0.25, 0.3) is 0 Å². The molecule has 1 N–H and O–H groups in total. The summed E-state index contributed by atoms with van der Waals surface area (Å²) in [5, 5.41) is 9.89. The minimum atomic E-state index is -0.183. The number of thioether (sulfide) groups is 1. The summed E-state index contributed by atoms with van der Waals surface area (Å²) in [6.45, 7) is 8.32. The molecule has 0 radical (unpaired) electrons. The summed E-state index contributed by atoms with van der Waals surface area (Å²) in [5.41, 5.74) is 3.69. The van der Waals surface area contributed by atoms with Crippen LogP contribution in [0, 0.1) is 13.8 Å². The van der Waals surface area contributed by atoms with Crippen LogP contribution in [0.15, 0.2) is 33.5 Å². The number of aryl methyl sites for hydroxylation is 2. The molecule has 29 heavy (non-hydrogen) atoms. The van der Waals surface area contributed by atoms with E-state index in [-0.39, 0.29) is 11.6 Å². The summed E-state index contributed by atoms with van der Waals surface area (Å²) in [7, 11) is 0. The maximum absolute atomic E-state index is 12.4. The highest BCUT2D eigenvalue weighted by Gasteiger charge is 2.20. The normalized spacial score (nSPS) is 11.0. The Balaban J connectivity index is 1.77. The van der Waals surface area contributed by atoms with Gasteiger partial charge in [0.1, 0.15) is 0 Å². The van der Waals surface area contributed by atoms with Crippen molar-refractivity contribution in [3.05, 3.63) is 50.9 Å². The Labute approximate surface area is 178 Å². The largest absolute Gasteiger partial charge is 0.343 e. The standard InChI is InChI=1S/C20H25N5O2S2/c1-5-6-9-24-18(27)22-23-20(24)29-12-16-11-28-19(21-16)25(15(4)26)17-8-7-13(2)10-14(17)3/h7-8,10-11H,5-6,9,12H2,1-4H3,(H,22,27). The van der Waals surface area contributed by atoms with E-state index in [1.165, 1.54) is 23.1 Å². The second kappa shape index (κ2) is 9.41. The van der Waals surface area contributed by atoms with Gasteiger partial charge in [-0.3, -0.25) is 14.3 Å². The zero-order valence-corrected chi connectivity index (χ0v) is 18.7. The molecule has 0 bridgehead atoms. The van der Waals surface area contributed by atoms with Gasteiger partial charge in [0.15, 0.2) is 10.3 Å². The van der Waals surface area contributed by atoms with Gasteiger partial charge in [-0.2, -0.15) is 0 Å². The van der Waals surface area contributed by atoms with Crippen molar-refractivity contribution in [2.24, 2.45) is 0 Å². The molecule has 0 unspecified atom stereocenters. The van der Waals surface area contributed by atoms with Crippen LogP contribution in [0.1, 0.15) is 43.5 Å². The van der Waals surface area contributed by atoms with E-state index >= 15 is 0 Å². The van der Waals surface area contributed by atoms with Crippen LogP contribution in [-0.2, 0) is 17.1 Å². The third-order valence-electron chi connectivity index (χ3n) is 4.45. The quantitative estimate of drug-likeness (QED) is 0.534. The fourth-order valence-electron chi connectivity index (χ4n) is 2.99. The number of carbonyl (C=O) groups is 1. The lowest BCUT2D eigenvalue weighted by Crippen LogP contribution is -2.23. The van der Waals surface area contributed by atoms with Crippen LogP contribution >= 0.6 is 23.1 Å². The lowest BCUT2D eigenvalue weighted by molar-refractivity contribution is -0.115. The number of hydrogen-bond acceptors (Lipinski definition) is 6. The monoisotopic (exact) mass is 431 g/mol. The highest BCUT2D eigenvalue weighted by atomic mass is 32.2. The molecule has 1 amide bonds. The molecule has 3 rings (SSSR count). The van der Waals surface area contributed by atoms with Crippen LogP contribution in [0.25, 0.3) is 0 Å². The molecule has 3 aromatic rings. The summed E-state index contributed by atoms with van der Waals surface area (Å²) in [4.78, 5) is 30.6. The molecule has 0 saturated carbocycles. The maximum Gasteiger partial charge on any atom is 0.343 e. The van der Waals surface area contributed by atoms with Gasteiger partial charge < -0.3 is 0 Å². The zero-order valence-electron chi connectivity index (χ0n) is 17.1. The molecule has 1 aromatic carbocycles. The number of aromatic amines is 1. The average molecular weight is 432 g/mol. The third-order valence-corrected chi connectivity index (χ3v) is 6.33. The molecule has 0 spiro atoms. The van der Waals surface area contributed by atoms with Crippen molar-refractivity contribution in [1.29, 1.82) is 0 Å². The van der Waals surface area contributed by atoms with E-state index in [2.05, 4.69) is 28.2 Å². The summed E-state index contributed by atoms with van der Waals surface area (Å²) in [6, 6.07) is 6.01. The first kappa shape index (κ1) is 21.3. The van der Waals surface area contributed by atoms with Gasteiger partial charge in [-0.1, -0.05) is 42.8 Å². The van der Waals surface area contributed by atoms with Gasteiger partial charge in [-0.05, 0) is 31.9 Å². The predicted octanol–water partition coefficient (Wildman–Crippen LogP) is 4.42. The lowest BCUT2D eigenvalue weighted by Gasteiger charge is -2.20. The highest BCUT2D eigenvalue weighted by Crippen LogP contribution is 2.33. The van der Waals surface area contributed by atoms with E-state index in [1.807, 2.05) is 31.4 Å². The van der Waals surface area contributed by atoms with Crippen molar-refractivity contribution in [3.8, 4) is 0 Å². The molecular weight excluding hydrogens is 406 g/mol. The van der Waals surface area contributed by atoms with Gasteiger partial charge in [0.2, 0.25) is 5.91 Å². The molecule has 0 saturated heterocycles. The van der Waals surface area contributed by atoms with Crippen molar-refractivity contribution in [2.45, 2.75) is 58.0 Å². The second-order valence-corrected chi connectivity index (χ2v) is 8.65. The Kier molecular flexibility index (Phi) is 6.92. The van der Waals surface area contributed by atoms with Crippen molar-refractivity contribution >= 4 is 39.8 Å². The lowest BCUT2D eigenvalue weighted by atomic mass is 10.1. The summed E-state index contributed by atoms with van der Waals surface area (Å²) in [6.07, 6.45) is 1.94. The second-order valence-electron chi connectivity index (χ2n) is 6.87. The number of nitrogens with one attached hydrogen (secondary N) is 1. The zero-order chi connectivity index (χ0) is 21.0. The molecule has 154 valence electrons. The minimum Gasteiger partial charge on any atom is -0.274 e. The Morgan fingerprint density at radius 2 is 2.14 bits per heavy atom. The smallest absolute Gasteiger partial charge is 0.274 e. The molecule has 0 aliphatic heterocycles. The molecule has 2 heterocycles. The Bertz CT molecular complexity index is 1050. The number of anilines is 2. The van der Waals surface area contributed by atoms with E-state index in [4.69, 9.17) is 0 Å². The first-order chi connectivity index (χ1) is 13.9. The van der Waals surface area contributed by atoms with E-state index < -0.39 is 0 Å². The molecule has 0 atom stereocenters. The van der Waals surface area contributed by atoms with Crippen LogP contribution in [0.4, 0.5) is 10.8 Å². The number of rotatable bonds is 8. The van der Waals surface area contributed by atoms with Crippen LogP contribution in [0.2, 0.25) is 0 Å². The van der Waals surface area contributed by atoms with E-state index in [9.17, 15) is 9.59 Å². The number of thiazole rings is 1. The van der Waals surface area contributed by atoms with Gasteiger partial charge in [0, 0.05) is 24.6 Å². The third kappa shape index (κ3) is 4.97. The number of benzene rings is 1. The predicted molar refractivity (Wildman–Crippen MR) is 118 cm³/mol. The van der Waals surface area contributed by atoms with Gasteiger partial charge >= 0.3 is 5.69 Å². The van der Waals surface area contributed by atoms with Crippen LogP contribution in [0.5, 0.6) is 0 Å². The number of carbonyl (C=O) groups excluding carboxylic acids is 1. The van der Waals surface area contributed by atoms with E-state index in [0.29, 0.717) is 22.6 Å². The molecule has 0 aliphatic rings. The molecule has 9 heteroatoms. The number of unbranched alkanes of at least 4 members (excludes halogenated alkanes) is 1. The van der Waals surface area contributed by atoms with Gasteiger partial charge in [0.05, 0.1) is 11.4 Å². The number of hydrogen-bond donors (Lipinski definition) is 1. The summed E-state index contributed by atoms with van der Waals surface area (Å²) in [5.74, 6) is 0.497. The number of nitrogens with zero attached hydrogens (tertiary/aromatic N) is 4. The Morgan fingerprint density at radius 3 is 2.83 bits per heavy atom. The van der Waals surface area contributed by atoms with E-state index in [0.717, 1.165) is 35.3 Å². The average Bonchev–Trinajstić information content (AvgIpc) is 3.27. The topological polar surface area (TPSA) is 83.9 Å². The van der Waals surface area contributed by atoms with Crippen LogP contribution in [-0.4, -0.2) is 25.7 Å². The minimum absolute atomic E-state index is 0.0776. The summed E-state index contributed by atoms with van der Waals surface area (Å²) < 4.78 is 1.67. The molecule has 7 nitrogen and oxygen atoms in total. The maximum atomic E-state index is 12.4. The molecule has 0 aliphatic carbocycles. The molecule has 0 fully saturated rings. The van der Waals surface area contributed by atoms with Crippen molar-refractivity contribution < 1.29 is 4.79 Å². The molecular formula is C20H25N5O2S2. The molecule has 2 aromatic heterocycles. The number of H-pyrrole nitrogens is 1. The number of aromatic nitrogens is 4. The highest BCUT2D eigenvalue weighted by molar-refractivity contribution is 7.98. The van der Waals surface area contributed by atoms with Crippen molar-refractivity contribution in [1.82, 2.24) is 19.7 Å². The van der Waals surface area contributed by atoms with Gasteiger partial charge in [-0.15, -0.1) is 16.4 Å². The van der Waals surface area contributed by atoms with Gasteiger partial charge in [-0.25, -0.2) is 14.9 Å². The Morgan fingerprint density at radius 1 is 1.34 bits per heavy atom. The van der Waals surface area contributed by atoms with Crippen LogP contribution in [0.3, 0.4) is 0 Å². The summed E-state index contributed by atoms with van der Waals surface area (Å²) >= 11 is 2.90. The Hall–Kier alpha value is -2.39. The van der Waals surface area contributed by atoms with Crippen molar-refractivity contribution in [3.63, 3.8) is 0 Å².